The van der Waals surface area contributed by atoms with Crippen molar-refractivity contribution in [3.8, 4) is 11.5 Å². The van der Waals surface area contributed by atoms with Crippen LogP contribution < -0.4 is 9.47 Å². The van der Waals surface area contributed by atoms with Crippen LogP contribution in [0.2, 0.25) is 20.1 Å². The lowest BCUT2D eigenvalue weighted by atomic mass is 9.71. The number of aliphatic hydroxyl groups excluding tert-OH is 1. The zero-order valence-electron chi connectivity index (χ0n) is 29.6. The molecular weight excluding hydrogens is 782 g/mol. The molecule has 2 aromatic carbocycles. The van der Waals surface area contributed by atoms with Crippen LogP contribution in [0.1, 0.15) is 86.1 Å². The summed E-state index contributed by atoms with van der Waals surface area (Å²) in [5.74, 6) is -0.0729. The molecule has 4 aliphatic carbocycles. The summed E-state index contributed by atoms with van der Waals surface area (Å²) in [7, 11) is 0. The van der Waals surface area contributed by atoms with Gasteiger partial charge in [-0.15, -0.1) is 0 Å². The Balaban J connectivity index is 0.000000193. The first-order valence-corrected chi connectivity index (χ1v) is 19.1. The van der Waals surface area contributed by atoms with E-state index in [2.05, 4.69) is 13.8 Å². The molecule has 14 heteroatoms. The largest absolute Gasteiger partial charge is 0.480 e. The number of carboxylic acids is 1. The van der Waals surface area contributed by atoms with Crippen molar-refractivity contribution in [3.05, 3.63) is 90.3 Å². The second kappa shape index (κ2) is 16.1. The fourth-order valence-corrected chi connectivity index (χ4v) is 8.99. The standard InChI is InChI=1S/C23H22Cl2O6.C17H16Cl2O4/c1-2-23-6-5-14(27)8-17(23)20-13(9-23)7-18(21(24)22(20)25)29-12-19(28)30-11-16-4-3-15(10-26)31-16;1-2-17-4-3-10(20)6-11(17)14-9(7-17)5-12(15(18)16(14)19)23-8-13(21)22/h3-4,7-8,26H,2,5-6,9-12H2,1H3;5-6H,2-4,7-8H2,1H3,(H,21,22). The summed E-state index contributed by atoms with van der Waals surface area (Å²) in [6, 6.07) is 6.79. The Morgan fingerprint density at radius 2 is 1.24 bits per heavy atom. The molecule has 2 unspecified atom stereocenters. The Bertz CT molecular complexity index is 2100. The molecule has 3 aromatic rings. The number of ketones is 2. The molecule has 1 heterocycles. The fraction of sp³-hybridized carbons (Fsp3) is 0.400. The average molecular weight is 821 g/mol. The van der Waals surface area contributed by atoms with Gasteiger partial charge in [0.15, 0.2) is 24.8 Å². The maximum Gasteiger partial charge on any atom is 0.344 e. The third-order valence-corrected chi connectivity index (χ3v) is 12.6. The number of carbonyl (C=O) groups excluding carboxylic acids is 3. The Kier molecular flexibility index (Phi) is 11.9. The predicted molar refractivity (Wildman–Crippen MR) is 203 cm³/mol. The number of benzene rings is 2. The smallest absolute Gasteiger partial charge is 0.344 e. The molecule has 0 saturated carbocycles. The van der Waals surface area contributed by atoms with Crippen molar-refractivity contribution in [2.75, 3.05) is 13.2 Å². The molecule has 0 amide bonds. The number of aliphatic carboxylic acids is 1. The van der Waals surface area contributed by atoms with E-state index in [1.807, 2.05) is 0 Å². The minimum Gasteiger partial charge on any atom is -0.480 e. The molecule has 2 atom stereocenters. The highest BCUT2D eigenvalue weighted by Crippen LogP contribution is 2.59. The third kappa shape index (κ3) is 7.69. The molecule has 286 valence electrons. The van der Waals surface area contributed by atoms with Crippen LogP contribution in [0.3, 0.4) is 0 Å². The van der Waals surface area contributed by atoms with E-state index in [1.165, 1.54) is 0 Å². The highest BCUT2D eigenvalue weighted by molar-refractivity contribution is 6.45. The molecule has 0 bridgehead atoms. The molecule has 0 fully saturated rings. The van der Waals surface area contributed by atoms with E-state index in [1.54, 1.807) is 36.4 Å². The van der Waals surface area contributed by atoms with Gasteiger partial charge in [-0.2, -0.15) is 0 Å². The van der Waals surface area contributed by atoms with E-state index < -0.39 is 18.5 Å². The molecule has 1 aromatic heterocycles. The molecule has 0 spiro atoms. The van der Waals surface area contributed by atoms with Crippen molar-refractivity contribution in [2.45, 2.75) is 78.4 Å². The highest BCUT2D eigenvalue weighted by Gasteiger charge is 2.46. The number of halogens is 4. The fourth-order valence-electron chi connectivity index (χ4n) is 7.95. The molecular formula is C40H38Cl4O10. The second-order valence-corrected chi connectivity index (χ2v) is 15.4. The first-order valence-electron chi connectivity index (χ1n) is 17.6. The number of fused-ring (bicyclic) bond motifs is 6. The van der Waals surface area contributed by atoms with Crippen LogP contribution >= 0.6 is 46.4 Å². The van der Waals surface area contributed by atoms with E-state index in [0.29, 0.717) is 40.2 Å². The minimum absolute atomic E-state index is 0.0674. The van der Waals surface area contributed by atoms with E-state index in [-0.39, 0.29) is 58.0 Å². The van der Waals surface area contributed by atoms with Crippen LogP contribution in [0.4, 0.5) is 0 Å². The molecule has 7 rings (SSSR count). The summed E-state index contributed by atoms with van der Waals surface area (Å²) in [6.45, 7) is 3.10. The van der Waals surface area contributed by atoms with Gasteiger partial charge in [-0.05, 0) is 97.2 Å². The van der Waals surface area contributed by atoms with Crippen LogP contribution in [0.25, 0.3) is 11.1 Å². The zero-order valence-corrected chi connectivity index (χ0v) is 32.6. The molecule has 2 N–H and O–H groups in total. The number of carbonyl (C=O) groups is 4. The molecule has 54 heavy (non-hydrogen) atoms. The molecule has 0 aliphatic heterocycles. The topological polar surface area (TPSA) is 150 Å². The van der Waals surface area contributed by atoms with E-state index in [0.717, 1.165) is 71.9 Å². The Hall–Kier alpha value is -3.80. The second-order valence-electron chi connectivity index (χ2n) is 13.9. The molecule has 0 radical (unpaired) electrons. The lowest BCUT2D eigenvalue weighted by Gasteiger charge is -2.32. The maximum absolute atomic E-state index is 12.1. The molecule has 10 nitrogen and oxygen atoms in total. The molecule has 0 saturated heterocycles. The first-order chi connectivity index (χ1) is 25.7. The normalized spacial score (nSPS) is 20.8. The van der Waals surface area contributed by atoms with Crippen LogP contribution in [0, 0.1) is 10.8 Å². The first kappa shape index (κ1) is 39.9. The van der Waals surface area contributed by atoms with Gasteiger partial charge in [0.1, 0.15) is 46.3 Å². The minimum atomic E-state index is -1.08. The highest BCUT2D eigenvalue weighted by atomic mass is 35.5. The summed E-state index contributed by atoms with van der Waals surface area (Å²) >= 11 is 25.7. The summed E-state index contributed by atoms with van der Waals surface area (Å²) in [6.07, 6.45) is 9.35. The number of carboxylic acid groups (broad SMARTS) is 1. The predicted octanol–water partition coefficient (Wildman–Crippen LogP) is 9.06. The average Bonchev–Trinajstić information content (AvgIpc) is 3.85. The van der Waals surface area contributed by atoms with Crippen molar-refractivity contribution in [1.82, 2.24) is 0 Å². The summed E-state index contributed by atoms with van der Waals surface area (Å²) in [5, 5.41) is 18.8. The van der Waals surface area contributed by atoms with Crippen LogP contribution in [-0.2, 0) is 50.0 Å². The zero-order chi connectivity index (χ0) is 38.9. The van der Waals surface area contributed by atoms with Crippen molar-refractivity contribution in [1.29, 1.82) is 0 Å². The monoisotopic (exact) mass is 818 g/mol. The molecule has 4 aliphatic rings. The number of ether oxygens (including phenoxy) is 3. The number of rotatable bonds is 11. The Morgan fingerprint density at radius 1 is 0.759 bits per heavy atom. The van der Waals surface area contributed by atoms with E-state index in [4.69, 9.17) is 75.2 Å². The van der Waals surface area contributed by atoms with Gasteiger partial charge >= 0.3 is 11.9 Å². The maximum atomic E-state index is 12.1. The quantitative estimate of drug-likeness (QED) is 0.180. The lowest BCUT2D eigenvalue weighted by Crippen LogP contribution is -2.24. The number of hydrogen-bond donors (Lipinski definition) is 2. The Labute approximate surface area is 331 Å². The van der Waals surface area contributed by atoms with Gasteiger partial charge in [-0.1, -0.05) is 60.3 Å². The van der Waals surface area contributed by atoms with Crippen molar-refractivity contribution in [3.63, 3.8) is 0 Å². The number of esters is 1. The van der Waals surface area contributed by atoms with Gasteiger partial charge in [-0.3, -0.25) is 9.59 Å². The van der Waals surface area contributed by atoms with Crippen LogP contribution in [0.5, 0.6) is 11.5 Å². The van der Waals surface area contributed by atoms with Crippen LogP contribution in [-0.4, -0.2) is 46.9 Å². The van der Waals surface area contributed by atoms with Gasteiger partial charge in [0.2, 0.25) is 0 Å². The Morgan fingerprint density at radius 3 is 1.69 bits per heavy atom. The summed E-state index contributed by atoms with van der Waals surface area (Å²) < 4.78 is 21.3. The van der Waals surface area contributed by atoms with E-state index in [9.17, 15) is 19.2 Å². The van der Waals surface area contributed by atoms with Gasteiger partial charge < -0.3 is 28.8 Å². The van der Waals surface area contributed by atoms with Gasteiger partial charge in [0, 0.05) is 34.8 Å². The lowest BCUT2D eigenvalue weighted by molar-refractivity contribution is -0.148. The van der Waals surface area contributed by atoms with Gasteiger partial charge in [0.05, 0.1) is 10.0 Å². The SMILES string of the molecule is CCC12CCC(=O)C=C1c1c(cc(OCC(=O)O)c(Cl)c1Cl)C2.CCC12CCC(=O)C=C1c1c(cc(OCC(=O)OCc3ccc(CO)o3)c(Cl)c1Cl)C2. The number of allylic oxidation sites excluding steroid dienone is 4. The number of hydrogen-bond acceptors (Lipinski definition) is 9. The number of aliphatic hydroxyl groups is 1. The third-order valence-electron chi connectivity index (χ3n) is 10.9. The van der Waals surface area contributed by atoms with Crippen molar-refractivity contribution >= 4 is 81.1 Å². The summed E-state index contributed by atoms with van der Waals surface area (Å²) in [4.78, 5) is 46.7. The summed E-state index contributed by atoms with van der Waals surface area (Å²) in [5.41, 5.74) is 5.27. The number of furan rings is 1. The van der Waals surface area contributed by atoms with Gasteiger partial charge in [0.25, 0.3) is 0 Å². The van der Waals surface area contributed by atoms with Crippen molar-refractivity contribution < 1.29 is 48.0 Å². The van der Waals surface area contributed by atoms with Crippen molar-refractivity contribution in [2.24, 2.45) is 10.8 Å². The van der Waals surface area contributed by atoms with Crippen LogP contribution in [0.15, 0.2) is 40.8 Å². The van der Waals surface area contributed by atoms with Gasteiger partial charge in [-0.25, -0.2) is 9.59 Å². The van der Waals surface area contributed by atoms with E-state index >= 15 is 0 Å².